The monoisotopic (exact) mass is 182 g/mol. The lowest BCUT2D eigenvalue weighted by atomic mass is 10.2. The van der Waals surface area contributed by atoms with Crippen molar-refractivity contribution in [2.45, 2.75) is 25.3 Å². The molecule has 0 aromatic carbocycles. The number of nitriles is 1. The Balaban J connectivity index is 2.61. The Hall–Kier alpha value is -1.57. The van der Waals surface area contributed by atoms with Crippen LogP contribution < -0.4 is 0 Å². The third-order valence-electron chi connectivity index (χ3n) is 2.08. The largest absolute Gasteiger partial charge is 0.480 e. The molecule has 1 aliphatic rings. The molecule has 0 unspecified atom stereocenters. The van der Waals surface area contributed by atoms with Gasteiger partial charge >= 0.3 is 5.97 Å². The van der Waals surface area contributed by atoms with Crippen LogP contribution in [-0.4, -0.2) is 34.5 Å². The van der Waals surface area contributed by atoms with Crippen molar-refractivity contribution in [1.29, 1.82) is 5.26 Å². The van der Waals surface area contributed by atoms with Gasteiger partial charge in [-0.3, -0.25) is 4.79 Å². The Bertz CT molecular complexity index is 269. The molecule has 1 fully saturated rings. The van der Waals surface area contributed by atoms with Gasteiger partial charge in [0, 0.05) is 13.0 Å². The number of amides is 1. The molecule has 0 bridgehead atoms. The fraction of sp³-hybridized carbons (Fsp3) is 0.625. The maximum atomic E-state index is 11.1. The fourth-order valence-electron chi connectivity index (χ4n) is 1.44. The van der Waals surface area contributed by atoms with E-state index >= 15 is 0 Å². The summed E-state index contributed by atoms with van der Waals surface area (Å²) < 4.78 is 0. The maximum Gasteiger partial charge on any atom is 0.326 e. The molecular weight excluding hydrogens is 172 g/mol. The molecule has 0 aromatic rings. The van der Waals surface area contributed by atoms with Crippen LogP contribution >= 0.6 is 0 Å². The highest BCUT2D eigenvalue weighted by Gasteiger charge is 2.35. The van der Waals surface area contributed by atoms with E-state index in [-0.39, 0.29) is 25.3 Å². The zero-order chi connectivity index (χ0) is 9.84. The number of hydrogen-bond donors (Lipinski definition) is 1. The Morgan fingerprint density at radius 3 is 3.00 bits per heavy atom. The minimum Gasteiger partial charge on any atom is -0.480 e. The third kappa shape index (κ3) is 1.96. The van der Waals surface area contributed by atoms with Crippen LogP contribution in [0, 0.1) is 11.3 Å². The minimum absolute atomic E-state index is 0.164. The van der Waals surface area contributed by atoms with Crippen LogP contribution in [0.4, 0.5) is 0 Å². The number of hydrogen-bond acceptors (Lipinski definition) is 3. The lowest BCUT2D eigenvalue weighted by Gasteiger charge is -2.19. The molecule has 1 atom stereocenters. The van der Waals surface area contributed by atoms with Gasteiger partial charge in [0.05, 0.1) is 12.5 Å². The van der Waals surface area contributed by atoms with Crippen molar-refractivity contribution in [3.8, 4) is 6.07 Å². The van der Waals surface area contributed by atoms with Crippen molar-refractivity contribution in [2.24, 2.45) is 0 Å². The molecule has 0 aliphatic carbocycles. The molecule has 1 aliphatic heterocycles. The van der Waals surface area contributed by atoms with Crippen LogP contribution in [0.25, 0.3) is 0 Å². The standard InChI is InChI=1S/C8H10N2O3/c9-4-1-5-10-6(8(12)13)2-3-7(10)11/h6H,1-3,5H2,(H,12,13)/t6-/m1/s1. The second kappa shape index (κ2) is 3.90. The number of nitrogens with zero attached hydrogens (tertiary/aromatic N) is 2. The molecule has 1 rings (SSSR count). The smallest absolute Gasteiger partial charge is 0.326 e. The van der Waals surface area contributed by atoms with E-state index in [4.69, 9.17) is 10.4 Å². The number of rotatable bonds is 3. The van der Waals surface area contributed by atoms with Crippen LogP contribution in [0.2, 0.25) is 0 Å². The summed E-state index contributed by atoms with van der Waals surface area (Å²) in [6.45, 7) is 0.228. The summed E-state index contributed by atoms with van der Waals surface area (Å²) in [6, 6.07) is 1.17. The van der Waals surface area contributed by atoms with E-state index in [2.05, 4.69) is 0 Å². The number of likely N-dealkylation sites (tertiary alicyclic amines) is 1. The predicted octanol–water partition coefficient (Wildman–Crippen LogP) is -0.0243. The third-order valence-corrected chi connectivity index (χ3v) is 2.08. The lowest BCUT2D eigenvalue weighted by molar-refractivity contribution is -0.146. The van der Waals surface area contributed by atoms with Gasteiger partial charge in [0.15, 0.2) is 0 Å². The highest BCUT2D eigenvalue weighted by atomic mass is 16.4. The number of carbonyl (C=O) groups is 2. The van der Waals surface area contributed by atoms with Gasteiger partial charge in [-0.15, -0.1) is 0 Å². The molecule has 1 N–H and O–H groups in total. The van der Waals surface area contributed by atoms with Gasteiger partial charge in [0.2, 0.25) is 5.91 Å². The summed E-state index contributed by atoms with van der Waals surface area (Å²) in [7, 11) is 0. The summed E-state index contributed by atoms with van der Waals surface area (Å²) in [5.74, 6) is -1.15. The first-order chi connectivity index (χ1) is 6.16. The Morgan fingerprint density at radius 1 is 1.77 bits per heavy atom. The van der Waals surface area contributed by atoms with Gasteiger partial charge in [-0.2, -0.15) is 5.26 Å². The first kappa shape index (κ1) is 9.52. The van der Waals surface area contributed by atoms with Crippen molar-refractivity contribution in [3.63, 3.8) is 0 Å². The Morgan fingerprint density at radius 2 is 2.46 bits per heavy atom. The average molecular weight is 182 g/mol. The van der Waals surface area contributed by atoms with Gasteiger partial charge in [0.25, 0.3) is 0 Å². The molecule has 0 spiro atoms. The lowest BCUT2D eigenvalue weighted by Crippen LogP contribution is -2.38. The van der Waals surface area contributed by atoms with E-state index in [1.54, 1.807) is 0 Å². The van der Waals surface area contributed by atoms with E-state index in [9.17, 15) is 9.59 Å². The van der Waals surface area contributed by atoms with Gasteiger partial charge < -0.3 is 10.0 Å². The SMILES string of the molecule is N#CCCN1C(=O)CC[C@@H]1C(=O)O. The second-order valence-electron chi connectivity index (χ2n) is 2.89. The van der Waals surface area contributed by atoms with E-state index in [1.165, 1.54) is 4.90 Å². The summed E-state index contributed by atoms with van der Waals surface area (Å²) >= 11 is 0. The molecular formula is C8H10N2O3. The minimum atomic E-state index is -0.983. The average Bonchev–Trinajstić information content (AvgIpc) is 2.43. The Labute approximate surface area is 75.6 Å². The predicted molar refractivity (Wildman–Crippen MR) is 42.6 cm³/mol. The van der Waals surface area contributed by atoms with E-state index < -0.39 is 12.0 Å². The summed E-state index contributed by atoms with van der Waals surface area (Å²) in [6.07, 6.45) is 0.831. The molecule has 5 nitrogen and oxygen atoms in total. The van der Waals surface area contributed by atoms with Crippen molar-refractivity contribution in [3.05, 3.63) is 0 Å². The number of aliphatic carboxylic acids is 1. The summed E-state index contributed by atoms with van der Waals surface area (Å²) in [5.41, 5.74) is 0. The van der Waals surface area contributed by atoms with Gasteiger partial charge in [-0.25, -0.2) is 4.79 Å². The normalized spacial score (nSPS) is 21.6. The molecule has 1 amide bonds. The van der Waals surface area contributed by atoms with Crippen molar-refractivity contribution >= 4 is 11.9 Å². The Kier molecular flexibility index (Phi) is 2.85. The first-order valence-electron chi connectivity index (χ1n) is 4.06. The topological polar surface area (TPSA) is 81.4 Å². The van der Waals surface area contributed by atoms with Crippen LogP contribution in [0.1, 0.15) is 19.3 Å². The quantitative estimate of drug-likeness (QED) is 0.664. The number of carboxylic acid groups (broad SMARTS) is 1. The van der Waals surface area contributed by atoms with Crippen molar-refractivity contribution in [1.82, 2.24) is 4.90 Å². The number of carboxylic acids is 1. The molecule has 1 saturated heterocycles. The van der Waals surface area contributed by atoms with E-state index in [0.717, 1.165) is 0 Å². The fourth-order valence-corrected chi connectivity index (χ4v) is 1.44. The molecule has 0 aromatic heterocycles. The van der Waals surface area contributed by atoms with Gasteiger partial charge in [-0.1, -0.05) is 0 Å². The highest BCUT2D eigenvalue weighted by Crippen LogP contribution is 2.18. The molecule has 0 saturated carbocycles. The van der Waals surface area contributed by atoms with Gasteiger partial charge in [-0.05, 0) is 6.42 Å². The highest BCUT2D eigenvalue weighted by molar-refractivity contribution is 5.87. The van der Waals surface area contributed by atoms with Crippen LogP contribution in [-0.2, 0) is 9.59 Å². The number of carbonyl (C=O) groups excluding carboxylic acids is 1. The summed E-state index contributed by atoms with van der Waals surface area (Å²) in [5, 5.41) is 17.0. The summed E-state index contributed by atoms with van der Waals surface area (Å²) in [4.78, 5) is 23.1. The zero-order valence-corrected chi connectivity index (χ0v) is 7.06. The second-order valence-corrected chi connectivity index (χ2v) is 2.89. The molecule has 13 heavy (non-hydrogen) atoms. The molecule has 0 radical (unpaired) electrons. The van der Waals surface area contributed by atoms with Gasteiger partial charge in [0.1, 0.15) is 6.04 Å². The van der Waals surface area contributed by atoms with Crippen LogP contribution in [0.3, 0.4) is 0 Å². The van der Waals surface area contributed by atoms with Crippen molar-refractivity contribution < 1.29 is 14.7 Å². The molecule has 70 valence electrons. The molecule has 1 heterocycles. The van der Waals surface area contributed by atoms with E-state index in [1.807, 2.05) is 6.07 Å². The van der Waals surface area contributed by atoms with Crippen LogP contribution in [0.5, 0.6) is 0 Å². The van der Waals surface area contributed by atoms with E-state index in [0.29, 0.717) is 6.42 Å². The molecule has 5 heteroatoms. The maximum absolute atomic E-state index is 11.1. The zero-order valence-electron chi connectivity index (χ0n) is 7.06. The first-order valence-corrected chi connectivity index (χ1v) is 4.06. The van der Waals surface area contributed by atoms with Crippen molar-refractivity contribution in [2.75, 3.05) is 6.54 Å². The van der Waals surface area contributed by atoms with Crippen LogP contribution in [0.15, 0.2) is 0 Å².